The molecule has 0 unspecified atom stereocenters. The largest absolute Gasteiger partial charge is 0.456 e. The van der Waals surface area contributed by atoms with Gasteiger partial charge in [-0.3, -0.25) is 4.79 Å². The first-order valence-electron chi connectivity index (χ1n) is 10.2. The molecule has 1 N–H and O–H groups in total. The summed E-state index contributed by atoms with van der Waals surface area (Å²) < 4.78 is 68.3. The lowest BCUT2D eigenvalue weighted by Gasteiger charge is -2.60. The van der Waals surface area contributed by atoms with Crippen molar-refractivity contribution in [1.29, 1.82) is 0 Å². The standard InChI is InChI=1S/C21H27F5O2/c1-17-8-5-13(27)11-12(17)3-4-14-15(17)6-9-18(2)16(14)7-10-19(18,28)20(22,23)21(24,25)26/h5,8,12,14-16,28H,3-4,6-7,9-11H2,1-2H3/t12-,14+,15-,16-,17-,18-,19-/m0/s1. The second-order valence-electron chi connectivity index (χ2n) is 9.95. The number of allylic oxidation sites excluding steroid dienone is 2. The van der Waals surface area contributed by atoms with Crippen LogP contribution in [-0.2, 0) is 4.79 Å². The van der Waals surface area contributed by atoms with Crippen LogP contribution in [0.4, 0.5) is 22.0 Å². The van der Waals surface area contributed by atoms with Crippen molar-refractivity contribution in [3.8, 4) is 0 Å². The predicted octanol–water partition coefficient (Wildman–Crippen LogP) is 5.30. The fourth-order valence-electron chi connectivity index (χ4n) is 7.40. The molecule has 3 fully saturated rings. The Morgan fingerprint density at radius 1 is 1.00 bits per heavy atom. The third-order valence-corrected chi connectivity index (χ3v) is 9.07. The minimum atomic E-state index is -5.77. The minimum absolute atomic E-state index is 0.00379. The van der Waals surface area contributed by atoms with Gasteiger partial charge in [0.25, 0.3) is 0 Å². The summed E-state index contributed by atoms with van der Waals surface area (Å²) in [6.07, 6.45) is 0.0608. The Kier molecular flexibility index (Phi) is 4.20. The van der Waals surface area contributed by atoms with E-state index in [0.717, 1.165) is 12.8 Å². The van der Waals surface area contributed by atoms with E-state index in [4.69, 9.17) is 0 Å². The molecule has 7 heteroatoms. The Hall–Kier alpha value is -0.980. The molecule has 158 valence electrons. The number of alkyl halides is 5. The highest BCUT2D eigenvalue weighted by molar-refractivity contribution is 5.91. The van der Waals surface area contributed by atoms with Crippen LogP contribution in [0, 0.1) is 34.5 Å². The molecule has 0 spiro atoms. The molecule has 4 rings (SSSR count). The summed E-state index contributed by atoms with van der Waals surface area (Å²) in [5.74, 6) is -5.05. The van der Waals surface area contributed by atoms with E-state index in [1.807, 2.05) is 6.08 Å². The molecule has 0 saturated heterocycles. The number of fused-ring (bicyclic) bond motifs is 5. The van der Waals surface area contributed by atoms with Crippen LogP contribution in [-0.4, -0.2) is 28.6 Å². The Bertz CT molecular complexity index is 716. The Labute approximate surface area is 161 Å². The second kappa shape index (κ2) is 5.79. The summed E-state index contributed by atoms with van der Waals surface area (Å²) in [7, 11) is 0. The molecule has 0 bridgehead atoms. The zero-order valence-corrected chi connectivity index (χ0v) is 16.2. The normalized spacial score (nSPS) is 48.8. The van der Waals surface area contributed by atoms with Crippen LogP contribution in [0.25, 0.3) is 0 Å². The fraction of sp³-hybridized carbons (Fsp3) is 0.857. The molecule has 0 aliphatic heterocycles. The molecule has 3 saturated carbocycles. The van der Waals surface area contributed by atoms with Gasteiger partial charge in [-0.1, -0.05) is 19.9 Å². The molecule has 0 aromatic carbocycles. The number of ketones is 1. The van der Waals surface area contributed by atoms with Crippen LogP contribution in [0.5, 0.6) is 0 Å². The topological polar surface area (TPSA) is 37.3 Å². The van der Waals surface area contributed by atoms with E-state index in [-0.39, 0.29) is 47.7 Å². The van der Waals surface area contributed by atoms with E-state index in [9.17, 15) is 31.9 Å². The van der Waals surface area contributed by atoms with E-state index in [1.165, 1.54) is 6.92 Å². The van der Waals surface area contributed by atoms with Gasteiger partial charge >= 0.3 is 12.1 Å². The molecular formula is C21H27F5O2. The number of carbonyl (C=O) groups excluding carboxylic acids is 1. The first-order valence-corrected chi connectivity index (χ1v) is 10.2. The van der Waals surface area contributed by atoms with E-state index in [1.54, 1.807) is 6.08 Å². The molecule has 0 aromatic heterocycles. The average Bonchev–Trinajstić information content (AvgIpc) is 2.87. The second-order valence-corrected chi connectivity index (χ2v) is 9.95. The van der Waals surface area contributed by atoms with Gasteiger partial charge in [0.15, 0.2) is 5.78 Å². The van der Waals surface area contributed by atoms with Crippen molar-refractivity contribution < 1.29 is 31.9 Å². The van der Waals surface area contributed by atoms with Gasteiger partial charge < -0.3 is 5.11 Å². The molecule has 0 amide bonds. The quantitative estimate of drug-likeness (QED) is 0.600. The van der Waals surface area contributed by atoms with Crippen LogP contribution >= 0.6 is 0 Å². The van der Waals surface area contributed by atoms with Gasteiger partial charge in [-0.15, -0.1) is 0 Å². The highest BCUT2D eigenvalue weighted by atomic mass is 19.4. The summed E-state index contributed by atoms with van der Waals surface area (Å²) in [6, 6.07) is 0. The Balaban J connectivity index is 1.70. The van der Waals surface area contributed by atoms with Gasteiger partial charge in [0.2, 0.25) is 0 Å². The van der Waals surface area contributed by atoms with Gasteiger partial charge in [-0.25, -0.2) is 0 Å². The third kappa shape index (κ3) is 2.31. The van der Waals surface area contributed by atoms with Crippen molar-refractivity contribution in [2.24, 2.45) is 34.5 Å². The molecule has 0 radical (unpaired) electrons. The summed E-state index contributed by atoms with van der Waals surface area (Å²) in [6.45, 7) is 3.54. The number of carbonyl (C=O) groups is 1. The number of hydrogen-bond donors (Lipinski definition) is 1. The highest BCUT2D eigenvalue weighted by Gasteiger charge is 2.79. The van der Waals surface area contributed by atoms with Crippen LogP contribution in [0.15, 0.2) is 12.2 Å². The van der Waals surface area contributed by atoms with Crippen LogP contribution in [0.2, 0.25) is 0 Å². The third-order valence-electron chi connectivity index (χ3n) is 9.07. The smallest absolute Gasteiger partial charge is 0.383 e. The summed E-state index contributed by atoms with van der Waals surface area (Å²) in [4.78, 5) is 11.8. The van der Waals surface area contributed by atoms with Gasteiger partial charge in [0.1, 0.15) is 5.60 Å². The molecule has 28 heavy (non-hydrogen) atoms. The molecule has 4 aliphatic rings. The molecular weight excluding hydrogens is 379 g/mol. The summed E-state index contributed by atoms with van der Waals surface area (Å²) >= 11 is 0. The lowest BCUT2D eigenvalue weighted by atomic mass is 9.45. The molecule has 0 heterocycles. The van der Waals surface area contributed by atoms with Gasteiger partial charge in [-0.05, 0) is 73.7 Å². The molecule has 7 atom stereocenters. The highest BCUT2D eigenvalue weighted by Crippen LogP contribution is 2.70. The summed E-state index contributed by atoms with van der Waals surface area (Å²) in [5.41, 5.74) is -4.76. The van der Waals surface area contributed by atoms with Crippen molar-refractivity contribution >= 4 is 5.78 Å². The van der Waals surface area contributed by atoms with Crippen LogP contribution < -0.4 is 0 Å². The zero-order chi connectivity index (χ0) is 20.8. The fourth-order valence-corrected chi connectivity index (χ4v) is 7.40. The number of halogens is 5. The van der Waals surface area contributed by atoms with E-state index in [2.05, 4.69) is 6.92 Å². The van der Waals surface area contributed by atoms with E-state index in [0.29, 0.717) is 12.8 Å². The summed E-state index contributed by atoms with van der Waals surface area (Å²) in [5, 5.41) is 10.8. The monoisotopic (exact) mass is 406 g/mol. The minimum Gasteiger partial charge on any atom is -0.383 e. The van der Waals surface area contributed by atoms with Crippen molar-refractivity contribution in [3.05, 3.63) is 12.2 Å². The molecule has 0 aromatic rings. The Morgan fingerprint density at radius 3 is 2.29 bits per heavy atom. The SMILES string of the molecule is C[C@]12C=CC(=O)C[C@@H]1CC[C@@H]1[C@@H]2CC[C@@]2(C)[C@H]1CC[C@@]2(O)C(F)(F)C(F)(F)F. The van der Waals surface area contributed by atoms with Crippen molar-refractivity contribution in [1.82, 2.24) is 0 Å². The van der Waals surface area contributed by atoms with E-state index < -0.39 is 29.5 Å². The number of hydrogen-bond acceptors (Lipinski definition) is 2. The van der Waals surface area contributed by atoms with Gasteiger partial charge in [0.05, 0.1) is 0 Å². The lowest BCUT2D eigenvalue weighted by molar-refractivity contribution is -0.363. The predicted molar refractivity (Wildman–Crippen MR) is 92.6 cm³/mol. The number of rotatable bonds is 1. The Morgan fingerprint density at radius 2 is 1.64 bits per heavy atom. The molecule has 4 aliphatic carbocycles. The maximum absolute atomic E-state index is 14.4. The molecule has 2 nitrogen and oxygen atoms in total. The first kappa shape index (κ1) is 20.3. The van der Waals surface area contributed by atoms with Crippen molar-refractivity contribution in [2.75, 3.05) is 0 Å². The zero-order valence-electron chi connectivity index (χ0n) is 16.2. The van der Waals surface area contributed by atoms with Gasteiger partial charge in [-0.2, -0.15) is 22.0 Å². The lowest BCUT2D eigenvalue weighted by Crippen LogP contribution is -2.65. The van der Waals surface area contributed by atoms with Crippen molar-refractivity contribution in [2.45, 2.75) is 76.5 Å². The number of aliphatic hydroxyl groups is 1. The maximum atomic E-state index is 14.4. The maximum Gasteiger partial charge on any atom is 0.456 e. The van der Waals surface area contributed by atoms with Crippen molar-refractivity contribution in [3.63, 3.8) is 0 Å². The van der Waals surface area contributed by atoms with Crippen LogP contribution in [0.3, 0.4) is 0 Å². The van der Waals surface area contributed by atoms with Gasteiger partial charge in [0, 0.05) is 11.8 Å². The average molecular weight is 406 g/mol. The van der Waals surface area contributed by atoms with Crippen LogP contribution in [0.1, 0.15) is 58.8 Å². The van der Waals surface area contributed by atoms with E-state index >= 15 is 0 Å². The first-order chi connectivity index (χ1) is 12.8.